The van der Waals surface area contributed by atoms with E-state index in [4.69, 9.17) is 23.2 Å². The summed E-state index contributed by atoms with van der Waals surface area (Å²) in [5.41, 5.74) is 0.0924. The van der Waals surface area contributed by atoms with Crippen molar-refractivity contribution in [2.24, 2.45) is 5.92 Å². The number of hydrogen-bond acceptors (Lipinski definition) is 2. The van der Waals surface area contributed by atoms with Crippen LogP contribution in [-0.4, -0.2) is 10.9 Å². The van der Waals surface area contributed by atoms with E-state index in [1.54, 1.807) is 0 Å². The van der Waals surface area contributed by atoms with Gasteiger partial charge in [0, 0.05) is 10.9 Å². The first-order valence-electron chi connectivity index (χ1n) is 4.74. The lowest BCUT2D eigenvalue weighted by Gasteiger charge is -2.10. The van der Waals surface area contributed by atoms with Gasteiger partial charge in [0.2, 0.25) is 0 Å². The Hall–Kier alpha value is -0.250. The second-order valence-electron chi connectivity index (χ2n) is 3.90. The van der Waals surface area contributed by atoms with Crippen LogP contribution < -0.4 is 0 Å². The summed E-state index contributed by atoms with van der Waals surface area (Å²) in [7, 11) is 0. The first-order chi connectivity index (χ1) is 7.34. The van der Waals surface area contributed by atoms with Crippen molar-refractivity contribution in [2.75, 3.05) is 0 Å². The van der Waals surface area contributed by atoms with Crippen LogP contribution in [-0.2, 0) is 0 Å². The molecule has 0 unspecified atom stereocenters. The maximum absolute atomic E-state index is 11.9. The van der Waals surface area contributed by atoms with Gasteiger partial charge in [0.05, 0.1) is 15.6 Å². The molecule has 0 amide bonds. The molecule has 0 bridgehead atoms. The zero-order valence-electron chi connectivity index (χ0n) is 8.85. The molecule has 0 fully saturated rings. The van der Waals surface area contributed by atoms with Crippen LogP contribution in [0.2, 0.25) is 10.0 Å². The summed E-state index contributed by atoms with van der Waals surface area (Å²) in [6.45, 7) is 3.84. The third kappa shape index (κ3) is 2.90. The van der Waals surface area contributed by atoms with Gasteiger partial charge < -0.3 is 5.11 Å². The summed E-state index contributed by atoms with van der Waals surface area (Å²) < 4.78 is 0.504. The number of phenolic OH excluding ortho intramolecular Hbond substituents is 1. The molecule has 0 aliphatic heterocycles. The van der Waals surface area contributed by atoms with E-state index >= 15 is 0 Å². The summed E-state index contributed by atoms with van der Waals surface area (Å²) >= 11 is 14.9. The monoisotopic (exact) mass is 324 g/mol. The van der Waals surface area contributed by atoms with Crippen LogP contribution in [0.25, 0.3) is 0 Å². The summed E-state index contributed by atoms with van der Waals surface area (Å²) in [5, 5.41) is 10.0. The zero-order chi connectivity index (χ0) is 12.5. The normalized spacial score (nSPS) is 10.9. The number of benzene rings is 1. The SMILES string of the molecule is CC(C)CC(=O)c1c(O)c(Cl)cc(Br)c1Cl. The van der Waals surface area contributed by atoms with E-state index in [9.17, 15) is 9.90 Å². The molecule has 0 atom stereocenters. The van der Waals surface area contributed by atoms with Gasteiger partial charge in [0.25, 0.3) is 0 Å². The first kappa shape index (κ1) is 13.8. The molecule has 2 nitrogen and oxygen atoms in total. The second kappa shape index (κ2) is 5.39. The molecule has 16 heavy (non-hydrogen) atoms. The van der Waals surface area contributed by atoms with Crippen molar-refractivity contribution in [1.29, 1.82) is 0 Å². The number of ketones is 1. The fourth-order valence-electron chi connectivity index (χ4n) is 1.31. The lowest BCUT2D eigenvalue weighted by Crippen LogP contribution is -2.05. The molecule has 0 aliphatic carbocycles. The number of carbonyl (C=O) groups excluding carboxylic acids is 1. The van der Waals surface area contributed by atoms with E-state index in [0.717, 1.165) is 0 Å². The van der Waals surface area contributed by atoms with Crippen LogP contribution in [0.5, 0.6) is 5.75 Å². The minimum absolute atomic E-state index is 0.0924. The molecule has 1 N–H and O–H groups in total. The van der Waals surface area contributed by atoms with E-state index in [2.05, 4.69) is 15.9 Å². The molecule has 1 aromatic carbocycles. The van der Waals surface area contributed by atoms with Gasteiger partial charge in [-0.2, -0.15) is 0 Å². The maximum Gasteiger partial charge on any atom is 0.168 e. The molecule has 0 saturated carbocycles. The van der Waals surface area contributed by atoms with Gasteiger partial charge in [-0.25, -0.2) is 0 Å². The summed E-state index contributed by atoms with van der Waals surface area (Å²) in [6, 6.07) is 1.46. The van der Waals surface area contributed by atoms with Gasteiger partial charge in [-0.05, 0) is 27.9 Å². The Bertz CT molecular complexity index is 404. The van der Waals surface area contributed by atoms with Gasteiger partial charge in [0.15, 0.2) is 5.78 Å². The van der Waals surface area contributed by atoms with Crippen LogP contribution >= 0.6 is 39.1 Å². The summed E-state index contributed by atoms with van der Waals surface area (Å²) in [5.74, 6) is -0.262. The van der Waals surface area contributed by atoms with E-state index < -0.39 is 0 Å². The molecule has 1 aromatic rings. The number of rotatable bonds is 3. The number of halogens is 3. The van der Waals surface area contributed by atoms with Crippen LogP contribution in [0.15, 0.2) is 10.5 Å². The minimum Gasteiger partial charge on any atom is -0.506 e. The van der Waals surface area contributed by atoms with E-state index in [1.807, 2.05) is 13.8 Å². The number of carbonyl (C=O) groups is 1. The molecule has 0 aromatic heterocycles. The minimum atomic E-state index is -0.250. The fourth-order valence-corrected chi connectivity index (χ4v) is 2.33. The van der Waals surface area contributed by atoms with E-state index in [1.165, 1.54) is 6.07 Å². The highest BCUT2D eigenvalue weighted by Gasteiger charge is 2.21. The highest BCUT2D eigenvalue weighted by Crippen LogP contribution is 2.39. The van der Waals surface area contributed by atoms with Gasteiger partial charge in [-0.3, -0.25) is 4.79 Å². The van der Waals surface area contributed by atoms with Crippen LogP contribution in [0, 0.1) is 5.92 Å². The van der Waals surface area contributed by atoms with Gasteiger partial charge in [-0.1, -0.05) is 37.0 Å². The van der Waals surface area contributed by atoms with Crippen molar-refractivity contribution in [1.82, 2.24) is 0 Å². The Kier molecular flexibility index (Phi) is 4.65. The lowest BCUT2D eigenvalue weighted by atomic mass is 10.0. The highest BCUT2D eigenvalue weighted by molar-refractivity contribution is 9.10. The van der Waals surface area contributed by atoms with Crippen molar-refractivity contribution in [3.63, 3.8) is 0 Å². The van der Waals surface area contributed by atoms with Crippen LogP contribution in [0.1, 0.15) is 30.6 Å². The zero-order valence-corrected chi connectivity index (χ0v) is 11.9. The standard InChI is InChI=1S/C11H11BrCl2O2/c1-5(2)3-8(15)9-10(14)6(12)4-7(13)11(9)16/h4-5,16H,3H2,1-2H3. The molecule has 0 saturated heterocycles. The Balaban J connectivity index is 3.27. The third-order valence-electron chi connectivity index (χ3n) is 2.02. The van der Waals surface area contributed by atoms with Crippen molar-refractivity contribution in [2.45, 2.75) is 20.3 Å². The highest BCUT2D eigenvalue weighted by atomic mass is 79.9. The predicted molar refractivity (Wildman–Crippen MR) is 69.6 cm³/mol. The van der Waals surface area contributed by atoms with Crippen molar-refractivity contribution in [3.8, 4) is 5.75 Å². The molecule has 1 rings (SSSR count). The second-order valence-corrected chi connectivity index (χ2v) is 5.54. The molecular weight excluding hydrogens is 315 g/mol. The summed E-state index contributed by atoms with van der Waals surface area (Å²) in [4.78, 5) is 11.9. The molecule has 88 valence electrons. The van der Waals surface area contributed by atoms with Gasteiger partial charge >= 0.3 is 0 Å². The quantitative estimate of drug-likeness (QED) is 0.646. The molecular formula is C11H11BrCl2O2. The van der Waals surface area contributed by atoms with Gasteiger partial charge in [0.1, 0.15) is 5.75 Å². The topological polar surface area (TPSA) is 37.3 Å². The first-order valence-corrected chi connectivity index (χ1v) is 6.29. The molecule has 0 heterocycles. The molecule has 5 heteroatoms. The van der Waals surface area contributed by atoms with Crippen molar-refractivity contribution in [3.05, 3.63) is 26.1 Å². The molecule has 0 spiro atoms. The lowest BCUT2D eigenvalue weighted by molar-refractivity contribution is 0.0965. The number of aromatic hydroxyl groups is 1. The largest absolute Gasteiger partial charge is 0.506 e. The third-order valence-corrected chi connectivity index (χ3v) is 3.55. The van der Waals surface area contributed by atoms with Crippen molar-refractivity contribution < 1.29 is 9.90 Å². The molecule has 0 aliphatic rings. The fraction of sp³-hybridized carbons (Fsp3) is 0.364. The Morgan fingerprint density at radius 2 is 2.06 bits per heavy atom. The van der Waals surface area contributed by atoms with E-state index in [0.29, 0.717) is 10.9 Å². The summed E-state index contributed by atoms with van der Waals surface area (Å²) in [6.07, 6.45) is 0.320. The van der Waals surface area contributed by atoms with Crippen LogP contribution in [0.3, 0.4) is 0 Å². The number of phenols is 1. The Morgan fingerprint density at radius 1 is 1.50 bits per heavy atom. The Labute approximate surface area is 113 Å². The molecule has 0 radical (unpaired) electrons. The predicted octanol–water partition coefficient (Wildman–Crippen LogP) is 4.69. The number of Topliss-reactive ketones (excluding diaryl/α,β-unsaturated/α-hetero) is 1. The smallest absolute Gasteiger partial charge is 0.168 e. The Morgan fingerprint density at radius 3 is 2.56 bits per heavy atom. The number of hydrogen-bond donors (Lipinski definition) is 1. The maximum atomic E-state index is 11.9. The van der Waals surface area contributed by atoms with E-state index in [-0.39, 0.29) is 33.1 Å². The van der Waals surface area contributed by atoms with Crippen molar-refractivity contribution >= 4 is 44.9 Å². The average molecular weight is 326 g/mol. The van der Waals surface area contributed by atoms with Gasteiger partial charge in [-0.15, -0.1) is 0 Å². The van der Waals surface area contributed by atoms with Crippen LogP contribution in [0.4, 0.5) is 0 Å². The average Bonchev–Trinajstić information content (AvgIpc) is 2.14.